The van der Waals surface area contributed by atoms with E-state index >= 15 is 0 Å². The monoisotopic (exact) mass is 481 g/mol. The average molecular weight is 481 g/mol. The smallest absolute Gasteiger partial charge is 0.277 e. The molecule has 5 rings (SSSR count). The molecule has 1 unspecified atom stereocenters. The number of allylic oxidation sites excluding steroid dienone is 2. The van der Waals surface area contributed by atoms with E-state index in [0.29, 0.717) is 22.6 Å². The van der Waals surface area contributed by atoms with Gasteiger partial charge in [-0.3, -0.25) is 9.59 Å². The zero-order valence-corrected chi connectivity index (χ0v) is 18.7. The van der Waals surface area contributed by atoms with Crippen molar-refractivity contribution in [3.8, 4) is 5.75 Å². The first-order valence-electron chi connectivity index (χ1n) is 10.9. The maximum atomic E-state index is 14.3. The molecule has 3 aliphatic rings. The summed E-state index contributed by atoms with van der Waals surface area (Å²) < 4.78 is 38.6. The van der Waals surface area contributed by atoms with Crippen molar-refractivity contribution < 1.29 is 33.1 Å². The number of nitrogens with one attached hydrogen (secondary N) is 1. The lowest BCUT2D eigenvalue weighted by Gasteiger charge is -2.30. The van der Waals surface area contributed by atoms with Crippen LogP contribution in [0.4, 0.5) is 14.5 Å². The maximum Gasteiger partial charge on any atom is 0.277 e. The summed E-state index contributed by atoms with van der Waals surface area (Å²) in [5.74, 6) is -1.63. The third-order valence-corrected chi connectivity index (χ3v) is 6.37. The Hall–Kier alpha value is -4.05. The van der Waals surface area contributed by atoms with Crippen molar-refractivity contribution in [1.82, 2.24) is 4.90 Å². The van der Waals surface area contributed by atoms with Crippen molar-refractivity contribution in [1.29, 1.82) is 0 Å². The van der Waals surface area contributed by atoms with Gasteiger partial charge < -0.3 is 24.9 Å². The third kappa shape index (κ3) is 3.95. The van der Waals surface area contributed by atoms with Crippen LogP contribution in [0, 0.1) is 17.0 Å². The molecule has 180 valence electrons. The predicted octanol–water partition coefficient (Wildman–Crippen LogP) is 3.86. The van der Waals surface area contributed by atoms with E-state index in [0.717, 1.165) is 0 Å². The van der Waals surface area contributed by atoms with Gasteiger partial charge in [-0.15, -0.1) is 0 Å². The SMILES string of the molecule is CC12CC=C(C(=O)Nc3cccc(F)c3)C=C1N(Cc1cc(F)cc3c1OCOC3)C(=O)/C2=N\O. The molecule has 2 heterocycles. The number of benzene rings is 2. The number of hydrogen-bond acceptors (Lipinski definition) is 6. The number of halogens is 2. The Kier molecular flexibility index (Phi) is 5.60. The molecule has 2 amide bonds. The van der Waals surface area contributed by atoms with Gasteiger partial charge in [0, 0.05) is 28.1 Å². The molecule has 10 heteroatoms. The molecule has 35 heavy (non-hydrogen) atoms. The van der Waals surface area contributed by atoms with E-state index in [4.69, 9.17) is 9.47 Å². The van der Waals surface area contributed by atoms with Gasteiger partial charge in [-0.05, 0) is 49.8 Å². The number of oxime groups is 1. The first-order chi connectivity index (χ1) is 16.8. The molecular weight excluding hydrogens is 460 g/mol. The lowest BCUT2D eigenvalue weighted by molar-refractivity contribution is -0.122. The van der Waals surface area contributed by atoms with E-state index in [9.17, 15) is 23.6 Å². The van der Waals surface area contributed by atoms with Gasteiger partial charge in [-0.2, -0.15) is 0 Å². The van der Waals surface area contributed by atoms with Crippen LogP contribution in [0.3, 0.4) is 0 Å². The molecule has 0 saturated carbocycles. The van der Waals surface area contributed by atoms with Crippen LogP contribution in [-0.4, -0.2) is 34.4 Å². The molecule has 2 aromatic carbocycles. The fourth-order valence-corrected chi connectivity index (χ4v) is 4.63. The topological polar surface area (TPSA) is 100 Å². The van der Waals surface area contributed by atoms with Crippen LogP contribution < -0.4 is 10.1 Å². The van der Waals surface area contributed by atoms with Gasteiger partial charge in [0.15, 0.2) is 12.5 Å². The van der Waals surface area contributed by atoms with Gasteiger partial charge in [-0.25, -0.2) is 8.78 Å². The number of amides is 2. The minimum Gasteiger partial charge on any atom is -0.467 e. The van der Waals surface area contributed by atoms with Crippen molar-refractivity contribution in [3.05, 3.63) is 82.6 Å². The van der Waals surface area contributed by atoms with Crippen LogP contribution in [0.5, 0.6) is 5.75 Å². The molecule has 2 aromatic rings. The van der Waals surface area contributed by atoms with Crippen LogP contribution in [-0.2, 0) is 27.5 Å². The predicted molar refractivity (Wildman–Crippen MR) is 120 cm³/mol. The molecule has 1 aliphatic carbocycles. The second-order valence-corrected chi connectivity index (χ2v) is 8.69. The fraction of sp³-hybridized carbons (Fsp3) is 0.240. The molecule has 1 atom stereocenters. The van der Waals surface area contributed by atoms with Crippen LogP contribution in [0.25, 0.3) is 0 Å². The first-order valence-corrected chi connectivity index (χ1v) is 10.9. The molecule has 0 radical (unpaired) electrons. The molecule has 1 saturated heterocycles. The van der Waals surface area contributed by atoms with Crippen molar-refractivity contribution in [2.75, 3.05) is 12.1 Å². The molecular formula is C25H21F2N3O5. The Morgan fingerprint density at radius 1 is 1.26 bits per heavy atom. The van der Waals surface area contributed by atoms with Crippen LogP contribution in [0.1, 0.15) is 24.5 Å². The minimum absolute atomic E-state index is 0.00350. The second kappa shape index (κ2) is 8.62. The number of carbonyl (C=O) groups excluding carboxylic acids is 2. The second-order valence-electron chi connectivity index (χ2n) is 8.69. The number of likely N-dealkylation sites (tertiary alicyclic amines) is 1. The number of hydrogen-bond donors (Lipinski definition) is 2. The zero-order chi connectivity index (χ0) is 24.7. The van der Waals surface area contributed by atoms with E-state index < -0.39 is 28.9 Å². The van der Waals surface area contributed by atoms with Crippen molar-refractivity contribution >= 4 is 23.2 Å². The molecule has 1 fully saturated rings. The summed E-state index contributed by atoms with van der Waals surface area (Å²) in [6.07, 6.45) is 3.37. The first kappa shape index (κ1) is 22.7. The number of carbonyl (C=O) groups is 2. The van der Waals surface area contributed by atoms with Crippen molar-refractivity contribution in [2.45, 2.75) is 26.5 Å². The number of fused-ring (bicyclic) bond motifs is 2. The maximum absolute atomic E-state index is 14.3. The summed E-state index contributed by atoms with van der Waals surface area (Å²) in [5.41, 5.74) is 0.816. The zero-order valence-electron chi connectivity index (χ0n) is 18.7. The van der Waals surface area contributed by atoms with Crippen LogP contribution in [0.15, 0.2) is 65.0 Å². The number of ether oxygens (including phenoxy) is 2. The quantitative estimate of drug-likeness (QED) is 0.510. The Labute approximate surface area is 199 Å². The summed E-state index contributed by atoms with van der Waals surface area (Å²) in [5, 5.41) is 15.5. The molecule has 2 N–H and O–H groups in total. The normalized spacial score (nSPS) is 22.2. The Balaban J connectivity index is 1.50. The highest BCUT2D eigenvalue weighted by molar-refractivity contribution is 6.44. The van der Waals surface area contributed by atoms with Gasteiger partial charge in [0.1, 0.15) is 17.4 Å². The van der Waals surface area contributed by atoms with Crippen molar-refractivity contribution in [3.63, 3.8) is 0 Å². The highest BCUT2D eigenvalue weighted by Gasteiger charge is 2.52. The summed E-state index contributed by atoms with van der Waals surface area (Å²) in [4.78, 5) is 27.5. The highest BCUT2D eigenvalue weighted by Crippen LogP contribution is 2.46. The minimum atomic E-state index is -0.994. The summed E-state index contributed by atoms with van der Waals surface area (Å²) in [6.45, 7) is 1.83. The third-order valence-electron chi connectivity index (χ3n) is 6.37. The molecule has 0 aromatic heterocycles. The Morgan fingerprint density at radius 3 is 2.86 bits per heavy atom. The number of rotatable bonds is 4. The molecule has 8 nitrogen and oxygen atoms in total. The fourth-order valence-electron chi connectivity index (χ4n) is 4.63. The van der Waals surface area contributed by atoms with Gasteiger partial charge in [0.25, 0.3) is 11.8 Å². The van der Waals surface area contributed by atoms with E-state index in [1.165, 1.54) is 41.3 Å². The molecule has 0 spiro atoms. The van der Waals surface area contributed by atoms with Gasteiger partial charge >= 0.3 is 0 Å². The van der Waals surface area contributed by atoms with E-state index in [1.54, 1.807) is 19.1 Å². The van der Waals surface area contributed by atoms with E-state index in [2.05, 4.69) is 10.5 Å². The molecule has 2 aliphatic heterocycles. The summed E-state index contributed by atoms with van der Waals surface area (Å²) >= 11 is 0. The van der Waals surface area contributed by atoms with Gasteiger partial charge in [0.2, 0.25) is 0 Å². The number of nitrogens with zero attached hydrogens (tertiary/aromatic N) is 2. The average Bonchev–Trinajstić information content (AvgIpc) is 3.03. The highest BCUT2D eigenvalue weighted by atomic mass is 19.1. The standard InChI is InChI=1S/C25H21F2N3O5/c1-25-6-5-14(23(31)28-19-4-2-3-17(26)10-19)9-20(25)30(24(32)22(25)29-33)11-15-7-18(27)8-16-12-34-13-35-21(15)16/h2-5,7-10,33H,6,11-13H2,1H3,(H,28,31)/b29-22+. The van der Waals surface area contributed by atoms with Gasteiger partial charge in [-0.1, -0.05) is 17.3 Å². The lowest BCUT2D eigenvalue weighted by Crippen LogP contribution is -2.29. The molecule has 0 bridgehead atoms. The Bertz CT molecular complexity index is 1340. The van der Waals surface area contributed by atoms with E-state index in [1.807, 2.05) is 0 Å². The lowest BCUT2D eigenvalue weighted by atomic mass is 9.77. The van der Waals surface area contributed by atoms with Crippen LogP contribution >= 0.6 is 0 Å². The summed E-state index contributed by atoms with van der Waals surface area (Å²) in [6, 6.07) is 8.08. The van der Waals surface area contributed by atoms with Gasteiger partial charge in [0.05, 0.1) is 18.6 Å². The van der Waals surface area contributed by atoms with Crippen LogP contribution in [0.2, 0.25) is 0 Å². The van der Waals surface area contributed by atoms with E-state index in [-0.39, 0.29) is 43.3 Å². The summed E-state index contributed by atoms with van der Waals surface area (Å²) in [7, 11) is 0. The Morgan fingerprint density at radius 2 is 2.09 bits per heavy atom. The van der Waals surface area contributed by atoms with Crippen molar-refractivity contribution in [2.24, 2.45) is 10.6 Å². The largest absolute Gasteiger partial charge is 0.467 e. The number of anilines is 1.